The lowest BCUT2D eigenvalue weighted by Crippen LogP contribution is -2.38. The summed E-state index contributed by atoms with van der Waals surface area (Å²) in [6.45, 7) is 1.25. The van der Waals surface area contributed by atoms with Gasteiger partial charge in [0.2, 0.25) is 5.91 Å². The fraction of sp³-hybridized carbons (Fsp3) is 0.385. The summed E-state index contributed by atoms with van der Waals surface area (Å²) >= 11 is 3.05. The van der Waals surface area contributed by atoms with Gasteiger partial charge in [-0.2, -0.15) is 0 Å². The van der Waals surface area contributed by atoms with Crippen LogP contribution in [0.25, 0.3) is 0 Å². The predicted molar refractivity (Wildman–Crippen MR) is 72.3 cm³/mol. The van der Waals surface area contributed by atoms with Crippen molar-refractivity contribution in [1.82, 2.24) is 9.80 Å². The highest BCUT2D eigenvalue weighted by Crippen LogP contribution is 2.18. The fourth-order valence-corrected chi connectivity index (χ4v) is 2.35. The number of carbonyl (C=O) groups excluding carboxylic acids is 2. The summed E-state index contributed by atoms with van der Waals surface area (Å²) in [5.41, 5.74) is 0.380. The number of benzene rings is 1. The second-order valence-corrected chi connectivity index (χ2v) is 5.38. The van der Waals surface area contributed by atoms with Crippen molar-refractivity contribution in [1.29, 1.82) is 0 Å². The molecule has 2 rings (SSSR count). The van der Waals surface area contributed by atoms with E-state index < -0.39 is 5.82 Å². The van der Waals surface area contributed by atoms with Crippen LogP contribution in [0.5, 0.6) is 0 Å². The number of carbonyl (C=O) groups is 2. The van der Waals surface area contributed by atoms with Crippen LogP contribution in [0.15, 0.2) is 22.7 Å². The molecule has 1 aromatic rings. The van der Waals surface area contributed by atoms with E-state index in [0.29, 0.717) is 18.7 Å². The van der Waals surface area contributed by atoms with E-state index in [1.54, 1.807) is 11.9 Å². The number of hydrogen-bond acceptors (Lipinski definition) is 2. The SMILES string of the molecule is CN1CCCN(C(=O)c2ccc(F)c(Br)c2)CC1=O. The Kier molecular flexibility index (Phi) is 4.19. The van der Waals surface area contributed by atoms with Gasteiger partial charge in [0.1, 0.15) is 12.4 Å². The van der Waals surface area contributed by atoms with Crippen molar-refractivity contribution in [3.8, 4) is 0 Å². The molecule has 0 aliphatic carbocycles. The van der Waals surface area contributed by atoms with Crippen LogP contribution in [0, 0.1) is 5.82 Å². The standard InChI is InChI=1S/C13H14BrFN2O2/c1-16-5-2-6-17(8-12(16)18)13(19)9-3-4-11(15)10(14)7-9/h3-4,7H,2,5-6,8H2,1H3. The van der Waals surface area contributed by atoms with E-state index in [4.69, 9.17) is 0 Å². The van der Waals surface area contributed by atoms with Gasteiger partial charge in [0, 0.05) is 25.7 Å². The molecule has 0 atom stereocenters. The van der Waals surface area contributed by atoms with Crippen LogP contribution < -0.4 is 0 Å². The molecular formula is C13H14BrFN2O2. The Bertz CT molecular complexity index is 521. The molecule has 0 spiro atoms. The number of hydrogen-bond donors (Lipinski definition) is 0. The lowest BCUT2D eigenvalue weighted by molar-refractivity contribution is -0.129. The van der Waals surface area contributed by atoms with Crippen molar-refractivity contribution in [2.24, 2.45) is 0 Å². The van der Waals surface area contributed by atoms with Crippen molar-refractivity contribution in [3.05, 3.63) is 34.1 Å². The van der Waals surface area contributed by atoms with E-state index in [-0.39, 0.29) is 22.8 Å². The molecular weight excluding hydrogens is 315 g/mol. The third-order valence-electron chi connectivity index (χ3n) is 3.13. The first-order chi connectivity index (χ1) is 8.99. The quantitative estimate of drug-likeness (QED) is 0.790. The summed E-state index contributed by atoms with van der Waals surface area (Å²) < 4.78 is 13.4. The van der Waals surface area contributed by atoms with Gasteiger partial charge in [-0.1, -0.05) is 0 Å². The molecule has 1 fully saturated rings. The van der Waals surface area contributed by atoms with E-state index in [0.717, 1.165) is 6.42 Å². The summed E-state index contributed by atoms with van der Waals surface area (Å²) in [6.07, 6.45) is 0.746. The molecule has 2 amide bonds. The molecule has 1 aliphatic rings. The maximum Gasteiger partial charge on any atom is 0.254 e. The lowest BCUT2D eigenvalue weighted by Gasteiger charge is -2.20. The van der Waals surface area contributed by atoms with Gasteiger partial charge in [-0.3, -0.25) is 9.59 Å². The smallest absolute Gasteiger partial charge is 0.254 e. The van der Waals surface area contributed by atoms with Crippen molar-refractivity contribution < 1.29 is 14.0 Å². The Morgan fingerprint density at radius 1 is 1.37 bits per heavy atom. The largest absolute Gasteiger partial charge is 0.344 e. The molecule has 1 aromatic carbocycles. The van der Waals surface area contributed by atoms with Gasteiger partial charge < -0.3 is 9.80 Å². The van der Waals surface area contributed by atoms with Gasteiger partial charge in [-0.05, 0) is 40.5 Å². The van der Waals surface area contributed by atoms with Crippen molar-refractivity contribution in [2.45, 2.75) is 6.42 Å². The van der Waals surface area contributed by atoms with Crippen LogP contribution in [0.1, 0.15) is 16.8 Å². The molecule has 0 aromatic heterocycles. The van der Waals surface area contributed by atoms with E-state index >= 15 is 0 Å². The zero-order valence-corrected chi connectivity index (χ0v) is 12.1. The number of halogens is 2. The zero-order chi connectivity index (χ0) is 14.0. The number of likely N-dealkylation sites (N-methyl/N-ethyl adjacent to an activating group) is 1. The second kappa shape index (κ2) is 5.69. The average Bonchev–Trinajstić information content (AvgIpc) is 2.55. The minimum absolute atomic E-state index is 0.0737. The molecule has 0 radical (unpaired) electrons. The van der Waals surface area contributed by atoms with E-state index in [9.17, 15) is 14.0 Å². The Morgan fingerprint density at radius 3 is 2.79 bits per heavy atom. The van der Waals surface area contributed by atoms with Crippen LogP contribution in [-0.4, -0.2) is 48.3 Å². The first kappa shape index (κ1) is 14.0. The number of rotatable bonds is 1. The molecule has 19 heavy (non-hydrogen) atoms. The van der Waals surface area contributed by atoms with Crippen LogP contribution in [0.4, 0.5) is 4.39 Å². The molecule has 0 bridgehead atoms. The molecule has 6 heteroatoms. The van der Waals surface area contributed by atoms with Crippen molar-refractivity contribution >= 4 is 27.7 Å². The summed E-state index contributed by atoms with van der Waals surface area (Å²) in [5.74, 6) is -0.736. The number of amides is 2. The van der Waals surface area contributed by atoms with Gasteiger partial charge in [-0.15, -0.1) is 0 Å². The zero-order valence-electron chi connectivity index (χ0n) is 10.5. The Labute approximate surface area is 119 Å². The average molecular weight is 329 g/mol. The Morgan fingerprint density at radius 2 is 2.11 bits per heavy atom. The van der Waals surface area contributed by atoms with Crippen molar-refractivity contribution in [2.75, 3.05) is 26.7 Å². The van der Waals surface area contributed by atoms with Crippen LogP contribution in [0.2, 0.25) is 0 Å². The molecule has 1 heterocycles. The Balaban J connectivity index is 2.18. The van der Waals surface area contributed by atoms with Crippen LogP contribution in [0.3, 0.4) is 0 Å². The summed E-state index contributed by atoms with van der Waals surface area (Å²) in [4.78, 5) is 27.1. The highest BCUT2D eigenvalue weighted by molar-refractivity contribution is 9.10. The van der Waals surface area contributed by atoms with Crippen LogP contribution >= 0.6 is 15.9 Å². The summed E-state index contributed by atoms with van der Waals surface area (Å²) in [7, 11) is 1.73. The highest BCUT2D eigenvalue weighted by atomic mass is 79.9. The van der Waals surface area contributed by atoms with Gasteiger partial charge in [0.15, 0.2) is 0 Å². The fourth-order valence-electron chi connectivity index (χ4n) is 1.97. The predicted octanol–water partition coefficient (Wildman–Crippen LogP) is 1.89. The molecule has 1 aliphatic heterocycles. The third-order valence-corrected chi connectivity index (χ3v) is 3.73. The highest BCUT2D eigenvalue weighted by Gasteiger charge is 2.24. The Hall–Kier alpha value is -1.43. The molecule has 102 valence electrons. The molecule has 0 saturated carbocycles. The van der Waals surface area contributed by atoms with Gasteiger partial charge in [0.05, 0.1) is 4.47 Å². The minimum atomic E-state index is -0.414. The lowest BCUT2D eigenvalue weighted by atomic mass is 10.2. The van der Waals surface area contributed by atoms with E-state index in [1.807, 2.05) is 0 Å². The van der Waals surface area contributed by atoms with Gasteiger partial charge in [0.25, 0.3) is 5.91 Å². The first-order valence-electron chi connectivity index (χ1n) is 5.97. The maximum atomic E-state index is 13.2. The van der Waals surface area contributed by atoms with Gasteiger partial charge in [-0.25, -0.2) is 4.39 Å². The summed E-state index contributed by atoms with van der Waals surface area (Å²) in [5, 5.41) is 0. The maximum absolute atomic E-state index is 13.2. The number of nitrogens with zero attached hydrogens (tertiary/aromatic N) is 2. The van der Waals surface area contributed by atoms with E-state index in [1.165, 1.54) is 23.1 Å². The van der Waals surface area contributed by atoms with Crippen molar-refractivity contribution in [3.63, 3.8) is 0 Å². The monoisotopic (exact) mass is 328 g/mol. The minimum Gasteiger partial charge on any atom is -0.344 e. The molecule has 1 saturated heterocycles. The summed E-state index contributed by atoms with van der Waals surface area (Å²) in [6, 6.07) is 4.11. The van der Waals surface area contributed by atoms with Gasteiger partial charge >= 0.3 is 0 Å². The molecule has 0 unspecified atom stereocenters. The topological polar surface area (TPSA) is 40.6 Å². The third kappa shape index (κ3) is 3.12. The van der Waals surface area contributed by atoms with Crippen LogP contribution in [-0.2, 0) is 4.79 Å². The normalized spacial score (nSPS) is 16.5. The second-order valence-electron chi connectivity index (χ2n) is 4.52. The molecule has 4 nitrogen and oxygen atoms in total. The first-order valence-corrected chi connectivity index (χ1v) is 6.76. The van der Waals surface area contributed by atoms with E-state index in [2.05, 4.69) is 15.9 Å². The molecule has 0 N–H and O–H groups in total.